The highest BCUT2D eigenvalue weighted by Gasteiger charge is 2.20. The highest BCUT2D eigenvalue weighted by atomic mass is 16.5. The first-order valence-corrected chi connectivity index (χ1v) is 6.26. The summed E-state index contributed by atoms with van der Waals surface area (Å²) in [4.78, 5) is 16.1. The predicted octanol–water partition coefficient (Wildman–Crippen LogP) is 0.840. The number of carbonyl (C=O) groups excluding carboxylic acids is 1. The summed E-state index contributed by atoms with van der Waals surface area (Å²) in [5, 5.41) is 8.16. The van der Waals surface area contributed by atoms with Crippen LogP contribution in [0.25, 0.3) is 0 Å². The van der Waals surface area contributed by atoms with Crippen molar-refractivity contribution in [3.63, 3.8) is 0 Å². The molecule has 0 fully saturated rings. The van der Waals surface area contributed by atoms with Crippen molar-refractivity contribution in [3.8, 4) is 0 Å². The second kappa shape index (κ2) is 5.32. The highest BCUT2D eigenvalue weighted by molar-refractivity contribution is 5.93. The molecule has 0 saturated carbocycles. The molecule has 8 heteroatoms. The minimum atomic E-state index is -0.524. The van der Waals surface area contributed by atoms with Crippen molar-refractivity contribution in [1.82, 2.24) is 24.5 Å². The van der Waals surface area contributed by atoms with E-state index >= 15 is 0 Å². The van der Waals surface area contributed by atoms with Gasteiger partial charge in [0, 0.05) is 13.1 Å². The van der Waals surface area contributed by atoms with Gasteiger partial charge in [0.1, 0.15) is 6.33 Å². The molecule has 0 aromatic carbocycles. The summed E-state index contributed by atoms with van der Waals surface area (Å²) in [5.41, 5.74) is 7.00. The second-order valence-corrected chi connectivity index (χ2v) is 4.76. The van der Waals surface area contributed by atoms with Gasteiger partial charge in [-0.3, -0.25) is 4.68 Å². The zero-order chi connectivity index (χ0) is 14.9. The third-order valence-electron chi connectivity index (χ3n) is 2.93. The Morgan fingerprint density at radius 1 is 1.50 bits per heavy atom. The zero-order valence-electron chi connectivity index (χ0n) is 12.0. The summed E-state index contributed by atoms with van der Waals surface area (Å²) in [6.07, 6.45) is 1.44. The molecule has 0 bridgehead atoms. The molecule has 108 valence electrons. The Morgan fingerprint density at radius 2 is 2.20 bits per heavy atom. The van der Waals surface area contributed by atoms with Gasteiger partial charge in [-0.2, -0.15) is 10.2 Å². The number of aryl methyl sites for hydroxylation is 2. The van der Waals surface area contributed by atoms with Crippen molar-refractivity contribution in [2.45, 2.75) is 33.4 Å². The number of ether oxygens (including phenoxy) is 1. The first kappa shape index (κ1) is 14.0. The second-order valence-electron chi connectivity index (χ2n) is 4.76. The lowest BCUT2D eigenvalue weighted by atomic mass is 10.3. The van der Waals surface area contributed by atoms with Crippen molar-refractivity contribution in [1.29, 1.82) is 0 Å². The van der Waals surface area contributed by atoms with Gasteiger partial charge in [0.05, 0.1) is 11.4 Å². The van der Waals surface area contributed by atoms with Crippen LogP contribution in [0.2, 0.25) is 0 Å². The van der Waals surface area contributed by atoms with Crippen LogP contribution in [0.3, 0.4) is 0 Å². The third kappa shape index (κ3) is 2.49. The number of rotatable bonds is 4. The van der Waals surface area contributed by atoms with E-state index in [0.717, 1.165) is 0 Å². The van der Waals surface area contributed by atoms with Crippen LogP contribution in [-0.4, -0.2) is 30.5 Å². The molecule has 2 aromatic heterocycles. The number of esters is 1. The Labute approximate surface area is 116 Å². The highest BCUT2D eigenvalue weighted by Crippen LogP contribution is 2.17. The van der Waals surface area contributed by atoms with Crippen LogP contribution in [0.1, 0.15) is 41.9 Å². The molecule has 2 N–H and O–H groups in total. The molecule has 0 aliphatic carbocycles. The molecular formula is C12H18N6O2. The third-order valence-corrected chi connectivity index (χ3v) is 2.93. The van der Waals surface area contributed by atoms with Gasteiger partial charge in [-0.25, -0.2) is 14.5 Å². The van der Waals surface area contributed by atoms with Crippen LogP contribution in [-0.2, 0) is 18.4 Å². The molecule has 2 aromatic rings. The van der Waals surface area contributed by atoms with E-state index < -0.39 is 5.97 Å². The van der Waals surface area contributed by atoms with Crippen molar-refractivity contribution in [3.05, 3.63) is 23.5 Å². The SMILES string of the molecule is Cc1nn(C)c(C(=O)OCc2ncnn2C(C)C)c1N. The van der Waals surface area contributed by atoms with Gasteiger partial charge >= 0.3 is 5.97 Å². The fraction of sp³-hybridized carbons (Fsp3) is 0.500. The van der Waals surface area contributed by atoms with Crippen molar-refractivity contribution in [2.75, 3.05) is 5.73 Å². The summed E-state index contributed by atoms with van der Waals surface area (Å²) < 4.78 is 8.35. The molecule has 2 heterocycles. The van der Waals surface area contributed by atoms with Crippen LogP contribution >= 0.6 is 0 Å². The van der Waals surface area contributed by atoms with Gasteiger partial charge in [-0.05, 0) is 20.8 Å². The lowest BCUT2D eigenvalue weighted by Crippen LogP contribution is -2.15. The molecule has 0 atom stereocenters. The van der Waals surface area contributed by atoms with E-state index in [1.54, 1.807) is 18.7 Å². The first-order chi connectivity index (χ1) is 9.41. The fourth-order valence-electron chi connectivity index (χ4n) is 1.92. The Balaban J connectivity index is 2.11. The molecule has 0 aliphatic rings. The van der Waals surface area contributed by atoms with Crippen LogP contribution in [0.4, 0.5) is 5.69 Å². The summed E-state index contributed by atoms with van der Waals surface area (Å²) in [6, 6.07) is 0.148. The predicted molar refractivity (Wildman–Crippen MR) is 71.9 cm³/mol. The molecule has 2 rings (SSSR count). The number of hydrogen-bond acceptors (Lipinski definition) is 6. The van der Waals surface area contributed by atoms with Crippen molar-refractivity contribution >= 4 is 11.7 Å². The van der Waals surface area contributed by atoms with Gasteiger partial charge in [0.2, 0.25) is 0 Å². The molecule has 0 spiro atoms. The number of anilines is 1. The molecule has 0 saturated heterocycles. The molecule has 0 amide bonds. The molecule has 0 radical (unpaired) electrons. The largest absolute Gasteiger partial charge is 0.453 e. The zero-order valence-corrected chi connectivity index (χ0v) is 12.0. The van der Waals surface area contributed by atoms with Gasteiger partial charge in [0.25, 0.3) is 0 Å². The standard InChI is InChI=1S/C12H18N6O2/c1-7(2)18-9(14-6-15-18)5-20-12(19)11-10(13)8(3)16-17(11)4/h6-7H,5,13H2,1-4H3. The topological polar surface area (TPSA) is 101 Å². The normalized spacial score (nSPS) is 11.1. The molecule has 0 unspecified atom stereocenters. The molecule has 8 nitrogen and oxygen atoms in total. The Bertz CT molecular complexity index is 628. The molecule has 0 aliphatic heterocycles. The average Bonchev–Trinajstić information content (AvgIpc) is 2.93. The number of nitrogen functional groups attached to an aromatic ring is 1. The summed E-state index contributed by atoms with van der Waals surface area (Å²) in [7, 11) is 1.65. The number of carbonyl (C=O) groups is 1. The lowest BCUT2D eigenvalue weighted by Gasteiger charge is -2.10. The Kier molecular flexibility index (Phi) is 3.73. The minimum absolute atomic E-state index is 0.0423. The van der Waals surface area contributed by atoms with Gasteiger partial charge in [-0.1, -0.05) is 0 Å². The Hall–Kier alpha value is -2.38. The van der Waals surface area contributed by atoms with Gasteiger partial charge in [-0.15, -0.1) is 0 Å². The van der Waals surface area contributed by atoms with Crippen molar-refractivity contribution in [2.24, 2.45) is 7.05 Å². The maximum Gasteiger partial charge on any atom is 0.359 e. The monoisotopic (exact) mass is 278 g/mol. The lowest BCUT2D eigenvalue weighted by molar-refractivity contribution is 0.0443. The van der Waals surface area contributed by atoms with E-state index in [1.165, 1.54) is 11.0 Å². The number of hydrogen-bond donors (Lipinski definition) is 1. The van der Waals surface area contributed by atoms with E-state index in [9.17, 15) is 4.79 Å². The van der Waals surface area contributed by atoms with E-state index in [0.29, 0.717) is 17.2 Å². The van der Waals surface area contributed by atoms with Gasteiger partial charge < -0.3 is 10.5 Å². The van der Waals surface area contributed by atoms with Crippen LogP contribution in [0, 0.1) is 6.92 Å². The fourth-order valence-corrected chi connectivity index (χ4v) is 1.92. The van der Waals surface area contributed by atoms with Crippen LogP contribution < -0.4 is 5.73 Å². The smallest absolute Gasteiger partial charge is 0.359 e. The summed E-state index contributed by atoms with van der Waals surface area (Å²) in [6.45, 7) is 5.73. The number of nitrogens with two attached hydrogens (primary N) is 1. The van der Waals surface area contributed by atoms with Crippen molar-refractivity contribution < 1.29 is 9.53 Å². The van der Waals surface area contributed by atoms with E-state index in [4.69, 9.17) is 10.5 Å². The maximum absolute atomic E-state index is 12.1. The quantitative estimate of drug-likeness (QED) is 0.832. The first-order valence-electron chi connectivity index (χ1n) is 6.26. The Morgan fingerprint density at radius 3 is 2.75 bits per heavy atom. The summed E-state index contributed by atoms with van der Waals surface area (Å²) in [5.74, 6) is 0.0646. The van der Waals surface area contributed by atoms with E-state index in [-0.39, 0.29) is 18.3 Å². The minimum Gasteiger partial charge on any atom is -0.453 e. The van der Waals surface area contributed by atoms with E-state index in [2.05, 4.69) is 15.2 Å². The van der Waals surface area contributed by atoms with Crippen LogP contribution in [0.15, 0.2) is 6.33 Å². The van der Waals surface area contributed by atoms with Crippen LogP contribution in [0.5, 0.6) is 0 Å². The molecular weight excluding hydrogens is 260 g/mol. The average molecular weight is 278 g/mol. The van der Waals surface area contributed by atoms with Gasteiger partial charge in [0.15, 0.2) is 18.1 Å². The maximum atomic E-state index is 12.1. The number of aromatic nitrogens is 5. The summed E-state index contributed by atoms with van der Waals surface area (Å²) >= 11 is 0. The molecule has 20 heavy (non-hydrogen) atoms. The number of nitrogens with zero attached hydrogens (tertiary/aromatic N) is 5. The van der Waals surface area contributed by atoms with E-state index in [1.807, 2.05) is 13.8 Å².